The smallest absolute Gasteiger partial charge is 0.338 e. The molecule has 0 aliphatic carbocycles. The molecule has 0 spiro atoms. The highest BCUT2D eigenvalue weighted by molar-refractivity contribution is 9.10. The molecule has 0 saturated heterocycles. The quantitative estimate of drug-likeness (QED) is 0.497. The van der Waals surface area contributed by atoms with Crippen LogP contribution in [0.25, 0.3) is 5.69 Å². The lowest BCUT2D eigenvalue weighted by Crippen LogP contribution is -2.14. The van der Waals surface area contributed by atoms with Gasteiger partial charge in [-0.25, -0.2) is 9.48 Å². The normalized spacial score (nSPS) is 10.4. The molecule has 0 unspecified atom stereocenters. The van der Waals surface area contributed by atoms with Gasteiger partial charge in [0.2, 0.25) is 0 Å². The van der Waals surface area contributed by atoms with E-state index in [4.69, 9.17) is 4.74 Å². The maximum atomic E-state index is 12.0. The van der Waals surface area contributed by atoms with Crippen molar-refractivity contribution in [3.8, 4) is 5.69 Å². The SMILES string of the molecule is O=C(COC(=O)c1ccc(-n2cccn2)cc1)c1ccc(Br)cc1. The van der Waals surface area contributed by atoms with Crippen molar-refractivity contribution < 1.29 is 14.3 Å². The summed E-state index contributed by atoms with van der Waals surface area (Å²) in [5, 5.41) is 4.11. The van der Waals surface area contributed by atoms with Gasteiger partial charge in [-0.1, -0.05) is 28.1 Å². The summed E-state index contributed by atoms with van der Waals surface area (Å²) in [6.45, 7) is -0.290. The van der Waals surface area contributed by atoms with E-state index < -0.39 is 5.97 Å². The number of ether oxygens (including phenoxy) is 1. The molecule has 3 rings (SSSR count). The number of nitrogens with zero attached hydrogens (tertiary/aromatic N) is 2. The predicted molar refractivity (Wildman–Crippen MR) is 92.3 cm³/mol. The lowest BCUT2D eigenvalue weighted by atomic mass is 10.1. The van der Waals surface area contributed by atoms with Crippen molar-refractivity contribution in [1.29, 1.82) is 0 Å². The number of halogens is 1. The minimum absolute atomic E-state index is 0.246. The molecule has 0 radical (unpaired) electrons. The van der Waals surface area contributed by atoms with Crippen molar-refractivity contribution in [2.24, 2.45) is 0 Å². The van der Waals surface area contributed by atoms with Gasteiger partial charge in [0.25, 0.3) is 0 Å². The highest BCUT2D eigenvalue weighted by atomic mass is 79.9. The molecule has 0 saturated carbocycles. The molecule has 0 N–H and O–H groups in total. The molecule has 2 aromatic carbocycles. The molecular formula is C18H13BrN2O3. The Morgan fingerprint density at radius 2 is 1.67 bits per heavy atom. The number of Topliss-reactive ketones (excluding diaryl/α,β-unsaturated/α-hetero) is 1. The van der Waals surface area contributed by atoms with Crippen LogP contribution in [0.15, 0.2) is 71.5 Å². The molecule has 1 heterocycles. The van der Waals surface area contributed by atoms with Crippen LogP contribution in [0.4, 0.5) is 0 Å². The van der Waals surface area contributed by atoms with E-state index >= 15 is 0 Å². The Balaban J connectivity index is 1.60. The third-order valence-electron chi connectivity index (χ3n) is 3.37. The number of ketones is 1. The second-order valence-corrected chi connectivity index (χ2v) is 5.92. The van der Waals surface area contributed by atoms with Crippen molar-refractivity contribution in [3.63, 3.8) is 0 Å². The Hall–Kier alpha value is -2.73. The van der Waals surface area contributed by atoms with Gasteiger partial charge in [-0.2, -0.15) is 5.10 Å². The van der Waals surface area contributed by atoms with E-state index in [0.717, 1.165) is 10.2 Å². The van der Waals surface area contributed by atoms with Crippen molar-refractivity contribution in [3.05, 3.63) is 82.6 Å². The fourth-order valence-electron chi connectivity index (χ4n) is 2.11. The summed E-state index contributed by atoms with van der Waals surface area (Å²) in [6.07, 6.45) is 3.49. The van der Waals surface area contributed by atoms with Gasteiger partial charge in [-0.15, -0.1) is 0 Å². The molecule has 6 heteroatoms. The molecule has 1 aromatic heterocycles. The molecular weight excluding hydrogens is 372 g/mol. The van der Waals surface area contributed by atoms with Crippen molar-refractivity contribution >= 4 is 27.7 Å². The van der Waals surface area contributed by atoms with Gasteiger partial charge in [-0.3, -0.25) is 4.79 Å². The van der Waals surface area contributed by atoms with E-state index in [1.54, 1.807) is 59.4 Å². The van der Waals surface area contributed by atoms with Gasteiger partial charge >= 0.3 is 5.97 Å². The minimum Gasteiger partial charge on any atom is -0.454 e. The molecule has 0 bridgehead atoms. The summed E-state index contributed by atoms with van der Waals surface area (Å²) in [5.74, 6) is -0.781. The maximum absolute atomic E-state index is 12.0. The lowest BCUT2D eigenvalue weighted by Gasteiger charge is -2.06. The van der Waals surface area contributed by atoms with E-state index in [0.29, 0.717) is 11.1 Å². The van der Waals surface area contributed by atoms with E-state index in [1.165, 1.54) is 0 Å². The number of benzene rings is 2. The molecule has 0 aliphatic rings. The largest absolute Gasteiger partial charge is 0.454 e. The lowest BCUT2D eigenvalue weighted by molar-refractivity contribution is 0.0475. The van der Waals surface area contributed by atoms with Gasteiger partial charge in [0.1, 0.15) is 0 Å². The first-order valence-corrected chi connectivity index (χ1v) is 7.99. The average Bonchev–Trinajstić information content (AvgIpc) is 3.15. The van der Waals surface area contributed by atoms with Gasteiger partial charge in [-0.05, 0) is 42.5 Å². The Labute approximate surface area is 147 Å². The third kappa shape index (κ3) is 3.78. The van der Waals surface area contributed by atoms with E-state index in [9.17, 15) is 9.59 Å². The van der Waals surface area contributed by atoms with Crippen LogP contribution in [0.1, 0.15) is 20.7 Å². The second-order valence-electron chi connectivity index (χ2n) is 5.00. The number of aromatic nitrogens is 2. The summed E-state index contributed by atoms with van der Waals surface area (Å²) in [5.41, 5.74) is 1.72. The number of hydrogen-bond donors (Lipinski definition) is 0. The third-order valence-corrected chi connectivity index (χ3v) is 3.90. The van der Waals surface area contributed by atoms with Crippen LogP contribution in [0.5, 0.6) is 0 Å². The molecule has 24 heavy (non-hydrogen) atoms. The summed E-state index contributed by atoms with van der Waals surface area (Å²) < 4.78 is 7.65. The first-order chi connectivity index (χ1) is 11.6. The van der Waals surface area contributed by atoms with Crippen molar-refractivity contribution in [2.75, 3.05) is 6.61 Å². The summed E-state index contributed by atoms with van der Waals surface area (Å²) in [4.78, 5) is 24.0. The highest BCUT2D eigenvalue weighted by Gasteiger charge is 2.12. The van der Waals surface area contributed by atoms with Gasteiger partial charge in [0, 0.05) is 22.4 Å². The summed E-state index contributed by atoms with van der Waals surface area (Å²) in [7, 11) is 0. The summed E-state index contributed by atoms with van der Waals surface area (Å²) >= 11 is 3.30. The number of carbonyl (C=O) groups excluding carboxylic acids is 2. The number of esters is 1. The van der Waals surface area contributed by atoms with Crippen LogP contribution in [0.3, 0.4) is 0 Å². The highest BCUT2D eigenvalue weighted by Crippen LogP contribution is 2.12. The van der Waals surface area contributed by atoms with Crippen LogP contribution in [0.2, 0.25) is 0 Å². The van der Waals surface area contributed by atoms with Crippen molar-refractivity contribution in [2.45, 2.75) is 0 Å². The number of hydrogen-bond acceptors (Lipinski definition) is 4. The first kappa shape index (κ1) is 16.1. The Morgan fingerprint density at radius 1 is 1.00 bits per heavy atom. The Kier molecular flexibility index (Phi) is 4.86. The second kappa shape index (κ2) is 7.23. The molecule has 0 aliphatic heterocycles. The zero-order valence-corrected chi connectivity index (χ0v) is 14.1. The Bertz CT molecular complexity index is 841. The first-order valence-electron chi connectivity index (χ1n) is 7.19. The Morgan fingerprint density at radius 3 is 2.29 bits per heavy atom. The van der Waals surface area contributed by atoms with E-state index in [2.05, 4.69) is 21.0 Å². The monoisotopic (exact) mass is 384 g/mol. The predicted octanol–water partition coefficient (Wildman–Crippen LogP) is 3.67. The van der Waals surface area contributed by atoms with Crippen LogP contribution >= 0.6 is 15.9 Å². The van der Waals surface area contributed by atoms with Crippen LogP contribution in [-0.4, -0.2) is 28.1 Å². The molecule has 0 fully saturated rings. The standard InChI is InChI=1S/C18H13BrN2O3/c19-15-6-2-13(3-7-15)17(22)12-24-18(23)14-4-8-16(9-5-14)21-11-1-10-20-21/h1-11H,12H2. The molecule has 0 amide bonds. The summed E-state index contributed by atoms with van der Waals surface area (Å²) in [6, 6.07) is 15.5. The molecule has 120 valence electrons. The molecule has 0 atom stereocenters. The van der Waals surface area contributed by atoms with E-state index in [-0.39, 0.29) is 12.4 Å². The zero-order chi connectivity index (χ0) is 16.9. The van der Waals surface area contributed by atoms with Crippen LogP contribution in [-0.2, 0) is 4.74 Å². The van der Waals surface area contributed by atoms with Gasteiger partial charge in [0.05, 0.1) is 11.3 Å². The zero-order valence-electron chi connectivity index (χ0n) is 12.6. The van der Waals surface area contributed by atoms with Gasteiger partial charge < -0.3 is 4.74 Å². The van der Waals surface area contributed by atoms with E-state index in [1.807, 2.05) is 12.3 Å². The van der Waals surface area contributed by atoms with Crippen LogP contribution < -0.4 is 0 Å². The fraction of sp³-hybridized carbons (Fsp3) is 0.0556. The van der Waals surface area contributed by atoms with Crippen LogP contribution in [0, 0.1) is 0 Å². The van der Waals surface area contributed by atoms with Gasteiger partial charge in [0.15, 0.2) is 12.4 Å². The minimum atomic E-state index is -0.535. The molecule has 3 aromatic rings. The number of rotatable bonds is 5. The average molecular weight is 385 g/mol. The van der Waals surface area contributed by atoms with Crippen molar-refractivity contribution in [1.82, 2.24) is 9.78 Å². The maximum Gasteiger partial charge on any atom is 0.338 e. The fourth-order valence-corrected chi connectivity index (χ4v) is 2.37. The number of carbonyl (C=O) groups is 2. The topological polar surface area (TPSA) is 61.2 Å². The molecule has 5 nitrogen and oxygen atoms in total.